The van der Waals surface area contributed by atoms with Crippen molar-refractivity contribution >= 4 is 38.1 Å². The Bertz CT molecular complexity index is 1240. The van der Waals surface area contributed by atoms with E-state index < -0.39 is 10.0 Å². The number of nitrogens with zero attached hydrogens (tertiary/aromatic N) is 3. The van der Waals surface area contributed by atoms with Gasteiger partial charge in [-0.2, -0.15) is 0 Å². The first kappa shape index (κ1) is 23.4. The molecular weight excluding hydrogens is 456 g/mol. The molecule has 33 heavy (non-hydrogen) atoms. The highest BCUT2D eigenvalue weighted by molar-refractivity contribution is 7.89. The highest BCUT2D eigenvalue weighted by Gasteiger charge is 2.25. The Hall–Kier alpha value is -2.75. The fourth-order valence-electron chi connectivity index (χ4n) is 3.84. The first-order chi connectivity index (χ1) is 15.8. The molecule has 1 fully saturated rings. The Kier molecular flexibility index (Phi) is 6.83. The molecular formula is C24H28N4O3S2. The maximum atomic E-state index is 13.3. The molecule has 7 nitrogen and oxygen atoms in total. The molecule has 0 radical (unpaired) electrons. The number of sulfonamides is 1. The summed E-state index contributed by atoms with van der Waals surface area (Å²) in [5.41, 5.74) is 4.12. The largest absolute Gasteiger partial charge is 0.371 e. The SMILES string of the molecule is CCc1ccc(-c2csc(NC(=O)c3cc(S(=O)(=O)N(C)C)ccc3N3CCCC3)n2)cc1. The van der Waals surface area contributed by atoms with Gasteiger partial charge in [0.15, 0.2) is 5.13 Å². The maximum absolute atomic E-state index is 13.3. The molecule has 4 rings (SSSR count). The van der Waals surface area contributed by atoms with E-state index in [1.807, 2.05) is 17.5 Å². The summed E-state index contributed by atoms with van der Waals surface area (Å²) in [6.45, 7) is 3.80. The van der Waals surface area contributed by atoms with Crippen molar-refractivity contribution in [2.24, 2.45) is 0 Å². The minimum Gasteiger partial charge on any atom is -0.371 e. The lowest BCUT2D eigenvalue weighted by molar-refractivity contribution is 0.102. The van der Waals surface area contributed by atoms with Crippen LogP contribution in [0, 0.1) is 0 Å². The third kappa shape index (κ3) is 4.95. The van der Waals surface area contributed by atoms with Crippen LogP contribution in [0.2, 0.25) is 0 Å². The molecule has 0 unspecified atom stereocenters. The summed E-state index contributed by atoms with van der Waals surface area (Å²) in [4.78, 5) is 20.1. The number of nitrogens with one attached hydrogen (secondary N) is 1. The molecule has 0 aliphatic carbocycles. The molecule has 9 heteroatoms. The van der Waals surface area contributed by atoms with Crippen LogP contribution in [-0.2, 0) is 16.4 Å². The molecule has 1 aromatic heterocycles. The quantitative estimate of drug-likeness (QED) is 0.535. The van der Waals surface area contributed by atoms with Crippen LogP contribution in [0.15, 0.2) is 52.7 Å². The van der Waals surface area contributed by atoms with E-state index in [4.69, 9.17) is 0 Å². The van der Waals surface area contributed by atoms with Crippen LogP contribution in [-0.4, -0.2) is 50.8 Å². The average Bonchev–Trinajstić information content (AvgIpc) is 3.51. The smallest absolute Gasteiger partial charge is 0.259 e. The van der Waals surface area contributed by atoms with Crippen LogP contribution < -0.4 is 10.2 Å². The maximum Gasteiger partial charge on any atom is 0.259 e. The third-order valence-electron chi connectivity index (χ3n) is 5.82. The van der Waals surface area contributed by atoms with Crippen molar-refractivity contribution in [3.05, 3.63) is 59.0 Å². The van der Waals surface area contributed by atoms with E-state index in [0.29, 0.717) is 10.7 Å². The average molecular weight is 485 g/mol. The zero-order chi connectivity index (χ0) is 23.6. The summed E-state index contributed by atoms with van der Waals surface area (Å²) in [7, 11) is -0.702. The monoisotopic (exact) mass is 484 g/mol. The van der Waals surface area contributed by atoms with Gasteiger partial charge in [0.05, 0.1) is 16.2 Å². The van der Waals surface area contributed by atoms with Gasteiger partial charge in [-0.1, -0.05) is 31.2 Å². The summed E-state index contributed by atoms with van der Waals surface area (Å²) in [5.74, 6) is -0.366. The number of carbonyl (C=O) groups excluding carboxylic acids is 1. The van der Waals surface area contributed by atoms with E-state index in [2.05, 4.69) is 34.3 Å². The Morgan fingerprint density at radius 3 is 2.45 bits per heavy atom. The molecule has 1 amide bonds. The number of carbonyl (C=O) groups is 1. The second kappa shape index (κ2) is 9.62. The Labute approximate surface area is 199 Å². The first-order valence-corrected chi connectivity index (χ1v) is 13.3. The molecule has 1 aliphatic rings. The lowest BCUT2D eigenvalue weighted by Gasteiger charge is -2.22. The van der Waals surface area contributed by atoms with Crippen LogP contribution in [0.1, 0.15) is 35.7 Å². The number of benzene rings is 2. The summed E-state index contributed by atoms with van der Waals surface area (Å²) in [6, 6.07) is 13.0. The van der Waals surface area contributed by atoms with Gasteiger partial charge in [0, 0.05) is 43.8 Å². The number of aryl methyl sites for hydroxylation is 1. The molecule has 1 aliphatic heterocycles. The van der Waals surface area contributed by atoms with Crippen LogP contribution in [0.25, 0.3) is 11.3 Å². The zero-order valence-electron chi connectivity index (χ0n) is 19.0. The van der Waals surface area contributed by atoms with Crippen LogP contribution in [0.5, 0.6) is 0 Å². The minimum atomic E-state index is -3.66. The van der Waals surface area contributed by atoms with Crippen LogP contribution >= 0.6 is 11.3 Å². The van der Waals surface area contributed by atoms with E-state index >= 15 is 0 Å². The number of anilines is 2. The lowest BCUT2D eigenvalue weighted by atomic mass is 10.1. The van der Waals surface area contributed by atoms with Gasteiger partial charge < -0.3 is 4.90 Å². The molecule has 2 aromatic carbocycles. The Morgan fingerprint density at radius 1 is 1.12 bits per heavy atom. The number of rotatable bonds is 7. The second-order valence-electron chi connectivity index (χ2n) is 8.20. The van der Waals surface area contributed by atoms with Gasteiger partial charge in [-0.3, -0.25) is 10.1 Å². The summed E-state index contributed by atoms with van der Waals surface area (Å²) < 4.78 is 26.5. The predicted octanol–water partition coefficient (Wildman–Crippen LogP) is 4.48. The van der Waals surface area contributed by atoms with Gasteiger partial charge in [-0.25, -0.2) is 17.7 Å². The van der Waals surface area contributed by atoms with Crippen molar-refractivity contribution < 1.29 is 13.2 Å². The summed E-state index contributed by atoms with van der Waals surface area (Å²) in [6.07, 6.45) is 3.07. The molecule has 0 saturated carbocycles. The van der Waals surface area contributed by atoms with Gasteiger partial charge in [0.1, 0.15) is 0 Å². The van der Waals surface area contributed by atoms with Crippen molar-refractivity contribution in [3.63, 3.8) is 0 Å². The van der Waals surface area contributed by atoms with E-state index in [1.165, 1.54) is 37.1 Å². The van der Waals surface area contributed by atoms with E-state index in [-0.39, 0.29) is 10.8 Å². The second-order valence-corrected chi connectivity index (χ2v) is 11.2. The molecule has 2 heterocycles. The molecule has 0 atom stereocenters. The predicted molar refractivity (Wildman–Crippen MR) is 134 cm³/mol. The highest BCUT2D eigenvalue weighted by atomic mass is 32.2. The van der Waals surface area contributed by atoms with Crippen LogP contribution in [0.4, 0.5) is 10.8 Å². The highest BCUT2D eigenvalue weighted by Crippen LogP contribution is 2.30. The molecule has 1 saturated heterocycles. The number of hydrogen-bond acceptors (Lipinski definition) is 6. The lowest BCUT2D eigenvalue weighted by Crippen LogP contribution is -2.25. The third-order valence-corrected chi connectivity index (χ3v) is 8.39. The number of hydrogen-bond donors (Lipinski definition) is 1. The summed E-state index contributed by atoms with van der Waals surface area (Å²) in [5, 5.41) is 5.26. The van der Waals surface area contributed by atoms with E-state index in [9.17, 15) is 13.2 Å². The minimum absolute atomic E-state index is 0.0939. The normalized spacial score (nSPS) is 14.1. The van der Waals surface area contributed by atoms with Crippen molar-refractivity contribution in [1.82, 2.24) is 9.29 Å². The van der Waals surface area contributed by atoms with Crippen molar-refractivity contribution in [2.45, 2.75) is 31.1 Å². The van der Waals surface area contributed by atoms with E-state index in [0.717, 1.165) is 53.6 Å². The fraction of sp³-hybridized carbons (Fsp3) is 0.333. The molecule has 174 valence electrons. The summed E-state index contributed by atoms with van der Waals surface area (Å²) >= 11 is 1.35. The van der Waals surface area contributed by atoms with Crippen molar-refractivity contribution in [3.8, 4) is 11.3 Å². The molecule has 1 N–H and O–H groups in total. The molecule has 0 bridgehead atoms. The number of aromatic nitrogens is 1. The van der Waals surface area contributed by atoms with Crippen molar-refractivity contribution in [2.75, 3.05) is 37.4 Å². The van der Waals surface area contributed by atoms with Gasteiger partial charge in [0.2, 0.25) is 10.0 Å². The van der Waals surface area contributed by atoms with Crippen molar-refractivity contribution in [1.29, 1.82) is 0 Å². The fourth-order valence-corrected chi connectivity index (χ4v) is 5.48. The topological polar surface area (TPSA) is 82.6 Å². The Morgan fingerprint density at radius 2 is 1.82 bits per heavy atom. The van der Waals surface area contributed by atoms with E-state index in [1.54, 1.807) is 12.1 Å². The molecule has 0 spiro atoms. The first-order valence-electron chi connectivity index (χ1n) is 11.0. The molecule has 3 aromatic rings. The van der Waals surface area contributed by atoms with Gasteiger partial charge >= 0.3 is 0 Å². The van der Waals surface area contributed by atoms with Gasteiger partial charge in [-0.15, -0.1) is 11.3 Å². The van der Waals surface area contributed by atoms with Gasteiger partial charge in [-0.05, 0) is 43.0 Å². The number of thiazole rings is 1. The zero-order valence-corrected chi connectivity index (χ0v) is 20.7. The Balaban J connectivity index is 1.63. The van der Waals surface area contributed by atoms with Gasteiger partial charge in [0.25, 0.3) is 5.91 Å². The van der Waals surface area contributed by atoms with Crippen LogP contribution in [0.3, 0.4) is 0 Å². The standard InChI is InChI=1S/C24H28N4O3S2/c1-4-17-7-9-18(10-8-17)21-16-32-24(25-21)26-23(29)20-15-19(33(30,31)27(2)3)11-12-22(20)28-13-5-6-14-28/h7-12,15-16H,4-6,13-14H2,1-3H3,(H,25,26,29). The number of amides is 1.